The Hall–Kier alpha value is -2.50. The van der Waals surface area contributed by atoms with Crippen LogP contribution in [0.4, 0.5) is 5.69 Å². The minimum absolute atomic E-state index is 0.0764. The second kappa shape index (κ2) is 11.0. The quantitative estimate of drug-likeness (QED) is 0.398. The summed E-state index contributed by atoms with van der Waals surface area (Å²) in [5.41, 5.74) is 5.86. The van der Waals surface area contributed by atoms with Gasteiger partial charge in [-0.2, -0.15) is 4.31 Å². The average molecular weight is 442 g/mol. The van der Waals surface area contributed by atoms with Crippen molar-refractivity contribution in [1.82, 2.24) is 4.31 Å². The normalized spacial score (nSPS) is 14.8. The van der Waals surface area contributed by atoms with Crippen LogP contribution in [0.25, 0.3) is 0 Å². The van der Waals surface area contributed by atoms with Crippen LogP contribution in [0.2, 0.25) is 0 Å². The van der Waals surface area contributed by atoms with Gasteiger partial charge in [0.05, 0.1) is 18.1 Å². The van der Waals surface area contributed by atoms with Crippen LogP contribution in [0.5, 0.6) is 0 Å². The predicted molar refractivity (Wildman–Crippen MR) is 108 cm³/mol. The van der Waals surface area contributed by atoms with E-state index in [0.717, 1.165) is 0 Å². The number of ether oxygens (including phenoxy) is 2. The minimum atomic E-state index is -3.71. The molecule has 0 aliphatic carbocycles. The molecule has 0 saturated carbocycles. The van der Waals surface area contributed by atoms with Gasteiger partial charge in [-0.3, -0.25) is 14.4 Å². The molecule has 1 aliphatic rings. The van der Waals surface area contributed by atoms with Gasteiger partial charge < -0.3 is 20.5 Å². The van der Waals surface area contributed by atoms with Crippen molar-refractivity contribution in [1.29, 1.82) is 0 Å². The molecule has 1 aromatic carbocycles. The van der Waals surface area contributed by atoms with Crippen LogP contribution in [0, 0.1) is 6.92 Å². The first-order valence-electron chi connectivity index (χ1n) is 9.62. The van der Waals surface area contributed by atoms with Crippen LogP contribution in [0.1, 0.15) is 31.2 Å². The lowest BCUT2D eigenvalue weighted by Gasteiger charge is -2.26. The van der Waals surface area contributed by atoms with E-state index in [1.165, 1.54) is 10.4 Å². The van der Waals surface area contributed by atoms with Gasteiger partial charge in [-0.05, 0) is 37.5 Å². The van der Waals surface area contributed by atoms with Gasteiger partial charge in [0, 0.05) is 31.6 Å². The Morgan fingerprint density at radius 2 is 1.83 bits per heavy atom. The maximum Gasteiger partial charge on any atom is 0.306 e. The summed E-state index contributed by atoms with van der Waals surface area (Å²) in [5.74, 6) is -1.58. The number of primary amides is 1. The van der Waals surface area contributed by atoms with Gasteiger partial charge in [0.1, 0.15) is 0 Å². The number of sulfonamides is 1. The monoisotopic (exact) mass is 441 g/mol. The second-order valence-electron chi connectivity index (χ2n) is 6.88. The molecule has 3 N–H and O–H groups in total. The molecule has 0 bridgehead atoms. The average Bonchev–Trinajstić information content (AvgIpc) is 2.71. The van der Waals surface area contributed by atoms with Crippen molar-refractivity contribution in [3.8, 4) is 0 Å². The molecular formula is C19H27N3O7S. The first-order chi connectivity index (χ1) is 14.2. The summed E-state index contributed by atoms with van der Waals surface area (Å²) < 4.78 is 37.2. The van der Waals surface area contributed by atoms with Crippen molar-refractivity contribution >= 4 is 33.5 Å². The first kappa shape index (κ1) is 23.8. The summed E-state index contributed by atoms with van der Waals surface area (Å²) in [4.78, 5) is 34.4. The van der Waals surface area contributed by atoms with E-state index < -0.39 is 34.4 Å². The third-order valence-corrected chi connectivity index (χ3v) is 6.52. The van der Waals surface area contributed by atoms with E-state index in [9.17, 15) is 22.8 Å². The number of anilines is 1. The van der Waals surface area contributed by atoms with E-state index in [0.29, 0.717) is 31.6 Å². The fourth-order valence-corrected chi connectivity index (χ4v) is 4.52. The van der Waals surface area contributed by atoms with E-state index in [1.54, 1.807) is 19.1 Å². The zero-order valence-electron chi connectivity index (χ0n) is 16.9. The smallest absolute Gasteiger partial charge is 0.306 e. The minimum Gasteiger partial charge on any atom is -0.456 e. The number of esters is 1. The largest absolute Gasteiger partial charge is 0.456 e. The highest BCUT2D eigenvalue weighted by Crippen LogP contribution is 2.24. The molecule has 1 heterocycles. The van der Waals surface area contributed by atoms with E-state index >= 15 is 0 Å². The van der Waals surface area contributed by atoms with Gasteiger partial charge >= 0.3 is 5.97 Å². The Kier molecular flexibility index (Phi) is 8.75. The molecular weight excluding hydrogens is 414 g/mol. The summed E-state index contributed by atoms with van der Waals surface area (Å²) in [5, 5.41) is 2.54. The van der Waals surface area contributed by atoms with Crippen LogP contribution in [0.3, 0.4) is 0 Å². The van der Waals surface area contributed by atoms with Crippen molar-refractivity contribution in [3.63, 3.8) is 0 Å². The molecule has 1 aliphatic heterocycles. The zero-order valence-corrected chi connectivity index (χ0v) is 17.7. The molecule has 2 rings (SSSR count). The number of nitrogens with zero attached hydrogens (tertiary/aromatic N) is 1. The molecule has 166 valence electrons. The van der Waals surface area contributed by atoms with Crippen molar-refractivity contribution in [2.45, 2.75) is 37.5 Å². The molecule has 30 heavy (non-hydrogen) atoms. The van der Waals surface area contributed by atoms with Crippen molar-refractivity contribution in [2.75, 3.05) is 38.2 Å². The molecule has 1 aromatic rings. The van der Waals surface area contributed by atoms with Gasteiger partial charge in [-0.15, -0.1) is 0 Å². The number of carbonyl (C=O) groups is 3. The predicted octanol–water partition coefficient (Wildman–Crippen LogP) is 0.543. The SMILES string of the molecule is Cc1ccc(NC(=O)COC(=O)CCCCC(N)=O)cc1S(=O)(=O)N1CCOCC1. The summed E-state index contributed by atoms with van der Waals surface area (Å²) in [6.45, 7) is 2.40. The number of unbranched alkanes of at least 4 members (excludes halogenated alkanes) is 1. The van der Waals surface area contributed by atoms with Gasteiger partial charge in [0.2, 0.25) is 15.9 Å². The van der Waals surface area contributed by atoms with E-state index in [1.807, 2.05) is 0 Å². The van der Waals surface area contributed by atoms with Gasteiger partial charge in [-0.1, -0.05) is 6.07 Å². The van der Waals surface area contributed by atoms with Crippen LogP contribution >= 0.6 is 0 Å². The molecule has 10 nitrogen and oxygen atoms in total. The highest BCUT2D eigenvalue weighted by atomic mass is 32.2. The summed E-state index contributed by atoms with van der Waals surface area (Å²) >= 11 is 0. The summed E-state index contributed by atoms with van der Waals surface area (Å²) in [6, 6.07) is 4.58. The number of carbonyl (C=O) groups excluding carboxylic acids is 3. The summed E-state index contributed by atoms with van der Waals surface area (Å²) in [7, 11) is -3.71. The number of hydrogen-bond donors (Lipinski definition) is 2. The fourth-order valence-electron chi connectivity index (χ4n) is 2.87. The van der Waals surface area contributed by atoms with Crippen LogP contribution in [-0.2, 0) is 33.9 Å². The zero-order chi connectivity index (χ0) is 22.1. The molecule has 0 aromatic heterocycles. The lowest BCUT2D eigenvalue weighted by atomic mass is 10.2. The van der Waals surface area contributed by atoms with Crippen LogP contribution in [-0.4, -0.2) is 63.4 Å². The molecule has 1 fully saturated rings. The van der Waals surface area contributed by atoms with Crippen LogP contribution < -0.4 is 11.1 Å². The molecule has 0 spiro atoms. The van der Waals surface area contributed by atoms with Gasteiger partial charge in [-0.25, -0.2) is 8.42 Å². The van der Waals surface area contributed by atoms with Crippen LogP contribution in [0.15, 0.2) is 23.1 Å². The second-order valence-corrected chi connectivity index (χ2v) is 8.79. The number of rotatable bonds is 10. The van der Waals surface area contributed by atoms with Crippen molar-refractivity contribution < 1.29 is 32.3 Å². The molecule has 11 heteroatoms. The highest BCUT2D eigenvalue weighted by molar-refractivity contribution is 7.89. The number of benzene rings is 1. The Labute approximate surface area is 175 Å². The maximum absolute atomic E-state index is 12.9. The molecule has 1 saturated heterocycles. The third-order valence-electron chi connectivity index (χ3n) is 4.48. The van der Waals surface area contributed by atoms with Gasteiger partial charge in [0.15, 0.2) is 6.61 Å². The number of hydrogen-bond acceptors (Lipinski definition) is 7. The Bertz CT molecular complexity index is 880. The maximum atomic E-state index is 12.9. The Morgan fingerprint density at radius 3 is 2.50 bits per heavy atom. The van der Waals surface area contributed by atoms with Gasteiger partial charge in [0.25, 0.3) is 5.91 Å². The van der Waals surface area contributed by atoms with E-state index in [-0.39, 0.29) is 36.5 Å². The number of aryl methyl sites for hydroxylation is 1. The molecule has 0 radical (unpaired) electrons. The first-order valence-corrected chi connectivity index (χ1v) is 11.1. The van der Waals surface area contributed by atoms with Crippen molar-refractivity contribution in [2.24, 2.45) is 5.73 Å². The molecule has 2 amide bonds. The Morgan fingerprint density at radius 1 is 1.17 bits per heavy atom. The summed E-state index contributed by atoms with van der Waals surface area (Å²) in [6.07, 6.45) is 1.18. The van der Waals surface area contributed by atoms with Crippen molar-refractivity contribution in [3.05, 3.63) is 23.8 Å². The molecule has 0 unspecified atom stereocenters. The number of morpholine rings is 1. The number of nitrogens with one attached hydrogen (secondary N) is 1. The lowest BCUT2D eigenvalue weighted by molar-refractivity contribution is -0.147. The fraction of sp³-hybridized carbons (Fsp3) is 0.526. The number of amides is 2. The topological polar surface area (TPSA) is 145 Å². The van der Waals surface area contributed by atoms with E-state index in [4.69, 9.17) is 15.2 Å². The highest BCUT2D eigenvalue weighted by Gasteiger charge is 2.28. The Balaban J connectivity index is 1.91. The standard InChI is InChI=1S/C19H27N3O7S/c1-14-6-7-15(12-16(14)30(26,27)22-8-10-28-11-9-22)21-18(24)13-29-19(25)5-3-2-4-17(20)23/h6-7,12H,2-5,8-11,13H2,1H3,(H2,20,23)(H,21,24). The number of nitrogens with two attached hydrogens (primary N) is 1. The lowest BCUT2D eigenvalue weighted by Crippen LogP contribution is -2.40. The third kappa shape index (κ3) is 7.08. The van der Waals surface area contributed by atoms with E-state index in [2.05, 4.69) is 5.32 Å². The molecule has 0 atom stereocenters.